The molecule has 4 rings (SSSR count). The second-order valence-corrected chi connectivity index (χ2v) is 6.96. The van der Waals surface area contributed by atoms with E-state index in [1.807, 2.05) is 86.1 Å². The number of hydrazone groups is 1. The Bertz CT molecular complexity index is 1210. The third kappa shape index (κ3) is 3.77. The first-order valence-electron chi connectivity index (χ1n) is 9.62. The molecule has 2 aromatic carbocycles. The van der Waals surface area contributed by atoms with E-state index in [0.29, 0.717) is 11.4 Å². The number of H-pyrrole nitrogens is 1. The fraction of sp³-hybridized carbons (Fsp3) is 0.130. The molecule has 2 N–H and O–H groups in total. The molecule has 7 heteroatoms. The second-order valence-electron chi connectivity index (χ2n) is 6.96. The molecule has 7 nitrogen and oxygen atoms in total. The van der Waals surface area contributed by atoms with Crippen molar-refractivity contribution in [2.75, 3.05) is 0 Å². The molecule has 2 heterocycles. The molecule has 0 spiro atoms. The van der Waals surface area contributed by atoms with Crippen LogP contribution in [-0.2, 0) is 0 Å². The number of aromatic amines is 1. The number of nitrogens with one attached hydrogen (secondary N) is 2. The van der Waals surface area contributed by atoms with Crippen molar-refractivity contribution >= 4 is 11.6 Å². The smallest absolute Gasteiger partial charge is 0.272 e. The van der Waals surface area contributed by atoms with Crippen molar-refractivity contribution < 1.29 is 4.79 Å². The Morgan fingerprint density at radius 1 is 1.03 bits per heavy atom. The molecule has 0 aliphatic heterocycles. The first kappa shape index (κ1) is 19.3. The van der Waals surface area contributed by atoms with Crippen molar-refractivity contribution in [3.8, 4) is 16.9 Å². The maximum absolute atomic E-state index is 12.5. The number of nitrogens with zero attached hydrogens (tertiary/aromatic N) is 4. The van der Waals surface area contributed by atoms with Gasteiger partial charge in [0, 0.05) is 5.56 Å². The Balaban J connectivity index is 1.56. The van der Waals surface area contributed by atoms with Crippen LogP contribution in [0.15, 0.2) is 71.8 Å². The lowest BCUT2D eigenvalue weighted by atomic mass is 10.1. The standard InChI is InChI=1S/C23H22N6O/c1-15(18-10-6-4-7-11-18)24-27-23(30)21-14-20(25-26-21)22-16(2)28-29(17(22)3)19-12-8-5-9-13-19/h4-14H,1-3H3,(H,25,26)(H,27,30)/b24-15-. The Morgan fingerprint density at radius 3 is 2.40 bits per heavy atom. The molecule has 0 fully saturated rings. The number of hydrogen-bond donors (Lipinski definition) is 2. The van der Waals surface area contributed by atoms with Crippen LogP contribution in [-0.4, -0.2) is 31.6 Å². The third-order valence-electron chi connectivity index (χ3n) is 4.89. The summed E-state index contributed by atoms with van der Waals surface area (Å²) >= 11 is 0. The zero-order valence-corrected chi connectivity index (χ0v) is 17.0. The van der Waals surface area contributed by atoms with Crippen LogP contribution in [0.4, 0.5) is 0 Å². The molecule has 4 aromatic rings. The lowest BCUT2D eigenvalue weighted by Crippen LogP contribution is -2.19. The Hall–Kier alpha value is -4.00. The highest BCUT2D eigenvalue weighted by atomic mass is 16.2. The number of amides is 1. The van der Waals surface area contributed by atoms with Gasteiger partial charge in [0.1, 0.15) is 5.69 Å². The number of rotatable bonds is 5. The molecule has 0 saturated carbocycles. The first-order valence-corrected chi connectivity index (χ1v) is 9.62. The van der Waals surface area contributed by atoms with E-state index >= 15 is 0 Å². The van der Waals surface area contributed by atoms with Crippen LogP contribution in [0.5, 0.6) is 0 Å². The number of hydrogen-bond acceptors (Lipinski definition) is 4. The van der Waals surface area contributed by atoms with Crippen LogP contribution in [0, 0.1) is 13.8 Å². The molecule has 150 valence electrons. The predicted molar refractivity (Wildman–Crippen MR) is 117 cm³/mol. The largest absolute Gasteiger partial charge is 0.289 e. The molecule has 0 atom stereocenters. The summed E-state index contributed by atoms with van der Waals surface area (Å²) < 4.78 is 1.88. The van der Waals surface area contributed by atoms with E-state index in [1.165, 1.54) is 0 Å². The molecule has 0 saturated heterocycles. The van der Waals surface area contributed by atoms with Crippen molar-refractivity contribution in [3.63, 3.8) is 0 Å². The van der Waals surface area contributed by atoms with Gasteiger partial charge in [0.25, 0.3) is 5.91 Å². The van der Waals surface area contributed by atoms with Gasteiger partial charge in [-0.15, -0.1) is 0 Å². The van der Waals surface area contributed by atoms with Gasteiger partial charge in [0.15, 0.2) is 0 Å². The van der Waals surface area contributed by atoms with Crippen molar-refractivity contribution in [2.24, 2.45) is 5.10 Å². The van der Waals surface area contributed by atoms with E-state index in [4.69, 9.17) is 0 Å². The number of aromatic nitrogens is 4. The normalized spacial score (nSPS) is 11.5. The lowest BCUT2D eigenvalue weighted by molar-refractivity contribution is 0.0950. The second kappa shape index (κ2) is 8.16. The van der Waals surface area contributed by atoms with Crippen LogP contribution in [0.25, 0.3) is 16.9 Å². The van der Waals surface area contributed by atoms with E-state index in [9.17, 15) is 4.79 Å². The Kier molecular flexibility index (Phi) is 5.26. The molecule has 0 aliphatic carbocycles. The summed E-state index contributed by atoms with van der Waals surface area (Å²) in [5.41, 5.74) is 8.92. The summed E-state index contributed by atoms with van der Waals surface area (Å²) in [6.45, 7) is 5.77. The van der Waals surface area contributed by atoms with Crippen molar-refractivity contribution in [3.05, 3.63) is 89.4 Å². The van der Waals surface area contributed by atoms with Crippen molar-refractivity contribution in [1.82, 2.24) is 25.4 Å². The number of aryl methyl sites for hydroxylation is 1. The van der Waals surface area contributed by atoms with Gasteiger partial charge < -0.3 is 0 Å². The fourth-order valence-corrected chi connectivity index (χ4v) is 3.34. The van der Waals surface area contributed by atoms with Crippen molar-refractivity contribution in [1.29, 1.82) is 0 Å². The van der Waals surface area contributed by atoms with Gasteiger partial charge in [-0.3, -0.25) is 9.89 Å². The topological polar surface area (TPSA) is 88.0 Å². The highest BCUT2D eigenvalue weighted by molar-refractivity contribution is 6.00. The summed E-state index contributed by atoms with van der Waals surface area (Å²) in [5.74, 6) is -0.352. The van der Waals surface area contributed by atoms with Crippen LogP contribution in [0.2, 0.25) is 0 Å². The SMILES string of the molecule is C/C(=N/NC(=O)c1cc(-c2c(C)nn(-c3ccccc3)c2C)n[nH]1)c1ccccc1. The molecule has 30 heavy (non-hydrogen) atoms. The average molecular weight is 398 g/mol. The summed E-state index contributed by atoms with van der Waals surface area (Å²) in [7, 11) is 0. The van der Waals surface area contributed by atoms with Crippen LogP contribution >= 0.6 is 0 Å². The Morgan fingerprint density at radius 2 is 1.70 bits per heavy atom. The first-order chi connectivity index (χ1) is 14.5. The zero-order valence-electron chi connectivity index (χ0n) is 17.0. The van der Waals surface area contributed by atoms with E-state index < -0.39 is 0 Å². The van der Waals surface area contributed by atoms with E-state index in [1.54, 1.807) is 6.07 Å². The highest BCUT2D eigenvalue weighted by Crippen LogP contribution is 2.27. The van der Waals surface area contributed by atoms with Gasteiger partial charge in [-0.1, -0.05) is 48.5 Å². The van der Waals surface area contributed by atoms with Crippen LogP contribution in [0.1, 0.15) is 34.4 Å². The number of carbonyl (C=O) groups is 1. The van der Waals surface area contributed by atoms with E-state index in [2.05, 4.69) is 25.8 Å². The molecule has 2 aromatic heterocycles. The van der Waals surface area contributed by atoms with Crippen molar-refractivity contribution in [2.45, 2.75) is 20.8 Å². The van der Waals surface area contributed by atoms with Gasteiger partial charge in [-0.2, -0.15) is 15.3 Å². The minimum absolute atomic E-state index is 0.334. The quantitative estimate of drug-likeness (QED) is 0.393. The van der Waals surface area contributed by atoms with E-state index in [0.717, 1.165) is 33.9 Å². The maximum Gasteiger partial charge on any atom is 0.289 e. The van der Waals surface area contributed by atoms with Gasteiger partial charge in [-0.25, -0.2) is 10.1 Å². The maximum atomic E-state index is 12.5. The molecule has 0 radical (unpaired) electrons. The summed E-state index contributed by atoms with van der Waals surface area (Å²) in [5, 5.41) is 16.0. The van der Waals surface area contributed by atoms with Gasteiger partial charge >= 0.3 is 0 Å². The zero-order chi connectivity index (χ0) is 21.1. The summed E-state index contributed by atoms with van der Waals surface area (Å²) in [6, 6.07) is 21.3. The molecule has 0 unspecified atom stereocenters. The summed E-state index contributed by atoms with van der Waals surface area (Å²) in [6.07, 6.45) is 0. The minimum atomic E-state index is -0.352. The minimum Gasteiger partial charge on any atom is -0.272 e. The van der Waals surface area contributed by atoms with Gasteiger partial charge in [0.2, 0.25) is 0 Å². The molecule has 0 bridgehead atoms. The lowest BCUT2D eigenvalue weighted by Gasteiger charge is -2.04. The average Bonchev–Trinajstić information content (AvgIpc) is 3.37. The molecular formula is C23H22N6O. The number of para-hydroxylation sites is 1. The van der Waals surface area contributed by atoms with Gasteiger partial charge in [0.05, 0.1) is 28.5 Å². The van der Waals surface area contributed by atoms with Gasteiger partial charge in [-0.05, 0) is 44.5 Å². The monoisotopic (exact) mass is 398 g/mol. The highest BCUT2D eigenvalue weighted by Gasteiger charge is 2.19. The van der Waals surface area contributed by atoms with E-state index in [-0.39, 0.29) is 5.91 Å². The summed E-state index contributed by atoms with van der Waals surface area (Å²) in [4.78, 5) is 12.5. The third-order valence-corrected chi connectivity index (χ3v) is 4.89. The Labute approximate surface area is 174 Å². The predicted octanol–water partition coefficient (Wildman–Crippen LogP) is 4.03. The number of benzene rings is 2. The number of carbonyl (C=O) groups excluding carboxylic acids is 1. The van der Waals surface area contributed by atoms with Crippen LogP contribution < -0.4 is 5.43 Å². The van der Waals surface area contributed by atoms with Crippen LogP contribution in [0.3, 0.4) is 0 Å². The molecular weight excluding hydrogens is 376 g/mol. The fourth-order valence-electron chi connectivity index (χ4n) is 3.34. The molecule has 0 aliphatic rings. The molecule has 1 amide bonds.